The molecule has 34 heavy (non-hydrogen) atoms. The second kappa shape index (κ2) is 10.6. The smallest absolute Gasteiger partial charge is 0.220 e. The van der Waals surface area contributed by atoms with E-state index in [1.165, 1.54) is 6.07 Å². The highest BCUT2D eigenvalue weighted by Gasteiger charge is 2.25. The third-order valence-corrected chi connectivity index (χ3v) is 6.08. The van der Waals surface area contributed by atoms with Gasteiger partial charge in [0.05, 0.1) is 7.11 Å². The number of ether oxygens (including phenoxy) is 1. The van der Waals surface area contributed by atoms with E-state index in [1.807, 2.05) is 42.5 Å². The van der Waals surface area contributed by atoms with E-state index >= 15 is 0 Å². The van der Waals surface area contributed by atoms with Crippen molar-refractivity contribution in [2.24, 2.45) is 5.92 Å². The van der Waals surface area contributed by atoms with Crippen molar-refractivity contribution < 1.29 is 13.9 Å². The van der Waals surface area contributed by atoms with Gasteiger partial charge in [-0.25, -0.2) is 4.39 Å². The van der Waals surface area contributed by atoms with Crippen LogP contribution in [0.25, 0.3) is 10.9 Å². The van der Waals surface area contributed by atoms with Crippen LogP contribution in [0.3, 0.4) is 0 Å². The first-order chi connectivity index (χ1) is 16.5. The van der Waals surface area contributed by atoms with Crippen LogP contribution >= 0.6 is 0 Å². The van der Waals surface area contributed by atoms with Crippen molar-refractivity contribution in [2.45, 2.75) is 32.7 Å². The fourth-order valence-electron chi connectivity index (χ4n) is 4.33. The van der Waals surface area contributed by atoms with Crippen molar-refractivity contribution >= 4 is 16.8 Å². The van der Waals surface area contributed by atoms with Crippen LogP contribution in [0.15, 0.2) is 79.0 Å². The van der Waals surface area contributed by atoms with Crippen LogP contribution in [0.5, 0.6) is 5.75 Å². The number of methoxy groups -OCH3 is 1. The zero-order valence-electron chi connectivity index (χ0n) is 19.9. The first-order valence-electron chi connectivity index (χ1n) is 11.7. The number of nitrogens with zero attached hydrogens (tertiary/aromatic N) is 1. The Labute approximate surface area is 200 Å². The van der Waals surface area contributed by atoms with Gasteiger partial charge in [0.15, 0.2) is 0 Å². The monoisotopic (exact) mass is 458 g/mol. The molecule has 0 aliphatic heterocycles. The quantitative estimate of drug-likeness (QED) is 0.328. The second-order valence-corrected chi connectivity index (χ2v) is 9.05. The largest absolute Gasteiger partial charge is 0.497 e. The number of halogens is 1. The van der Waals surface area contributed by atoms with E-state index in [4.69, 9.17) is 4.74 Å². The Morgan fingerprint density at radius 1 is 0.971 bits per heavy atom. The topological polar surface area (TPSA) is 43.3 Å². The Kier molecular flexibility index (Phi) is 7.31. The molecule has 4 aromatic rings. The van der Waals surface area contributed by atoms with Gasteiger partial charge in [0.25, 0.3) is 0 Å². The molecule has 1 N–H and O–H groups in total. The predicted molar refractivity (Wildman–Crippen MR) is 135 cm³/mol. The molecule has 0 aliphatic rings. The summed E-state index contributed by atoms with van der Waals surface area (Å²) >= 11 is 0. The molecule has 3 aromatic carbocycles. The van der Waals surface area contributed by atoms with Gasteiger partial charge in [-0.2, -0.15) is 0 Å². The lowest BCUT2D eigenvalue weighted by atomic mass is 9.87. The minimum atomic E-state index is -0.393. The van der Waals surface area contributed by atoms with Crippen LogP contribution in [0, 0.1) is 11.7 Å². The molecule has 1 atom stereocenters. The summed E-state index contributed by atoms with van der Waals surface area (Å²) in [5.41, 5.74) is 3.67. The van der Waals surface area contributed by atoms with E-state index in [1.54, 1.807) is 19.2 Å². The molecular formula is C29H31FN2O2. The zero-order chi connectivity index (χ0) is 24.1. The number of para-hydroxylation sites is 1. The van der Waals surface area contributed by atoms with Gasteiger partial charge in [-0.3, -0.25) is 4.79 Å². The summed E-state index contributed by atoms with van der Waals surface area (Å²) in [7, 11) is 1.65. The summed E-state index contributed by atoms with van der Waals surface area (Å²) in [5, 5.41) is 4.03. The molecule has 0 spiro atoms. The minimum absolute atomic E-state index is 0.0751. The average molecular weight is 459 g/mol. The van der Waals surface area contributed by atoms with Crippen molar-refractivity contribution in [1.82, 2.24) is 9.88 Å². The number of benzene rings is 3. The fraction of sp³-hybridized carbons (Fsp3) is 0.276. The SMILES string of the molecule is COc1ccc(Cn2cc([C@@H](CC(=O)NCC(C)C)c3ccccc3F)c3ccccc32)cc1. The van der Waals surface area contributed by atoms with Gasteiger partial charge in [0.1, 0.15) is 11.6 Å². The summed E-state index contributed by atoms with van der Waals surface area (Å²) in [4.78, 5) is 12.9. The van der Waals surface area contributed by atoms with E-state index in [0.717, 1.165) is 27.8 Å². The predicted octanol–water partition coefficient (Wildman–Crippen LogP) is 6.13. The molecule has 1 heterocycles. The van der Waals surface area contributed by atoms with E-state index in [-0.39, 0.29) is 18.1 Å². The zero-order valence-corrected chi connectivity index (χ0v) is 19.9. The third kappa shape index (κ3) is 5.30. The molecule has 0 saturated heterocycles. The van der Waals surface area contributed by atoms with Crippen LogP contribution in [0.1, 0.15) is 42.9 Å². The number of fused-ring (bicyclic) bond motifs is 1. The van der Waals surface area contributed by atoms with Crippen molar-refractivity contribution in [2.75, 3.05) is 13.7 Å². The maximum atomic E-state index is 15.0. The van der Waals surface area contributed by atoms with Gasteiger partial charge in [-0.05, 0) is 46.9 Å². The summed E-state index contributed by atoms with van der Waals surface area (Å²) < 4.78 is 22.4. The summed E-state index contributed by atoms with van der Waals surface area (Å²) in [5.74, 6) is 0.400. The van der Waals surface area contributed by atoms with E-state index < -0.39 is 5.92 Å². The first-order valence-corrected chi connectivity index (χ1v) is 11.7. The molecule has 0 fully saturated rings. The number of aromatic nitrogens is 1. The molecule has 0 saturated carbocycles. The number of rotatable bonds is 9. The van der Waals surface area contributed by atoms with Crippen LogP contribution in [0.4, 0.5) is 4.39 Å². The van der Waals surface area contributed by atoms with Crippen molar-refractivity contribution in [3.05, 3.63) is 102 Å². The Morgan fingerprint density at radius 2 is 1.68 bits per heavy atom. The van der Waals surface area contributed by atoms with Gasteiger partial charge in [-0.15, -0.1) is 0 Å². The molecule has 0 aliphatic carbocycles. The van der Waals surface area contributed by atoms with E-state index in [2.05, 4.69) is 42.1 Å². The highest BCUT2D eigenvalue weighted by molar-refractivity contribution is 5.86. The lowest BCUT2D eigenvalue weighted by Gasteiger charge is -2.18. The maximum Gasteiger partial charge on any atom is 0.220 e. The van der Waals surface area contributed by atoms with Gasteiger partial charge in [-0.1, -0.05) is 62.4 Å². The van der Waals surface area contributed by atoms with Crippen LogP contribution < -0.4 is 10.1 Å². The number of amides is 1. The average Bonchev–Trinajstić information content (AvgIpc) is 3.20. The molecular weight excluding hydrogens is 427 g/mol. The number of nitrogens with one attached hydrogen (secondary N) is 1. The van der Waals surface area contributed by atoms with Gasteiger partial charge >= 0.3 is 0 Å². The minimum Gasteiger partial charge on any atom is -0.497 e. The van der Waals surface area contributed by atoms with Gasteiger partial charge < -0.3 is 14.6 Å². The van der Waals surface area contributed by atoms with E-state index in [9.17, 15) is 9.18 Å². The Balaban J connectivity index is 1.75. The molecule has 176 valence electrons. The molecule has 5 heteroatoms. The number of carbonyl (C=O) groups excluding carboxylic acids is 1. The first kappa shape index (κ1) is 23.6. The Morgan fingerprint density at radius 3 is 2.38 bits per heavy atom. The van der Waals surface area contributed by atoms with Gasteiger partial charge in [0, 0.05) is 42.5 Å². The van der Waals surface area contributed by atoms with Crippen LogP contribution in [0.2, 0.25) is 0 Å². The Bertz CT molecular complexity index is 1260. The maximum absolute atomic E-state index is 15.0. The third-order valence-electron chi connectivity index (χ3n) is 6.08. The number of carbonyl (C=O) groups is 1. The lowest BCUT2D eigenvalue weighted by Crippen LogP contribution is -2.29. The van der Waals surface area contributed by atoms with Crippen LogP contribution in [-0.2, 0) is 11.3 Å². The molecule has 0 bridgehead atoms. The van der Waals surface area contributed by atoms with Gasteiger partial charge in [0.2, 0.25) is 5.91 Å². The number of hydrogen-bond donors (Lipinski definition) is 1. The van der Waals surface area contributed by atoms with Crippen LogP contribution in [-0.4, -0.2) is 24.1 Å². The van der Waals surface area contributed by atoms with Crippen molar-refractivity contribution in [3.8, 4) is 5.75 Å². The summed E-state index contributed by atoms with van der Waals surface area (Å²) in [6.07, 6.45) is 2.26. The fourth-order valence-corrected chi connectivity index (χ4v) is 4.33. The lowest BCUT2D eigenvalue weighted by molar-refractivity contribution is -0.121. The molecule has 1 amide bonds. The molecule has 4 nitrogen and oxygen atoms in total. The van der Waals surface area contributed by atoms with E-state index in [0.29, 0.717) is 24.6 Å². The van der Waals surface area contributed by atoms with Crippen molar-refractivity contribution in [3.63, 3.8) is 0 Å². The molecule has 4 rings (SSSR count). The molecule has 0 unspecified atom stereocenters. The summed E-state index contributed by atoms with van der Waals surface area (Å²) in [6, 6.07) is 22.8. The molecule has 0 radical (unpaired) electrons. The molecule has 1 aromatic heterocycles. The summed E-state index contributed by atoms with van der Waals surface area (Å²) in [6.45, 7) is 5.37. The second-order valence-electron chi connectivity index (χ2n) is 9.05. The standard InChI is InChI=1S/C29H31FN2O2/c1-20(2)17-31-29(33)16-25(23-8-4-6-10-27(23)30)26-19-32(28-11-7-5-9-24(26)28)18-21-12-14-22(34-3)15-13-21/h4-15,19-20,25H,16-18H2,1-3H3,(H,31,33)/t25-/m0/s1. The number of hydrogen-bond acceptors (Lipinski definition) is 2. The Hall–Kier alpha value is -3.60. The van der Waals surface area contributed by atoms with Crippen molar-refractivity contribution in [1.29, 1.82) is 0 Å². The normalized spacial score (nSPS) is 12.1. The highest BCUT2D eigenvalue weighted by atomic mass is 19.1. The highest BCUT2D eigenvalue weighted by Crippen LogP contribution is 2.36.